The maximum absolute atomic E-state index is 5.95. The Labute approximate surface area is 98.1 Å². The predicted octanol–water partition coefficient (Wildman–Crippen LogP) is 0.463. The van der Waals surface area contributed by atoms with Crippen molar-refractivity contribution in [1.29, 1.82) is 0 Å². The minimum absolute atomic E-state index is 0.195. The molecule has 2 atom stereocenters. The van der Waals surface area contributed by atoms with Crippen LogP contribution in [0.2, 0.25) is 0 Å². The van der Waals surface area contributed by atoms with Crippen molar-refractivity contribution in [1.82, 2.24) is 4.90 Å². The summed E-state index contributed by atoms with van der Waals surface area (Å²) >= 11 is 0. The van der Waals surface area contributed by atoms with Gasteiger partial charge in [-0.15, -0.1) is 0 Å². The topological polar surface area (TPSA) is 47.7 Å². The minimum atomic E-state index is 0.195. The Morgan fingerprint density at radius 1 is 1.56 bits per heavy atom. The Morgan fingerprint density at radius 2 is 2.44 bits per heavy atom. The molecule has 2 unspecified atom stereocenters. The fraction of sp³-hybridized carbons (Fsp3) is 1.00. The number of methoxy groups -OCH3 is 1. The zero-order valence-electron chi connectivity index (χ0n) is 10.3. The summed E-state index contributed by atoms with van der Waals surface area (Å²) in [6, 6.07) is 0. The van der Waals surface area contributed by atoms with Crippen molar-refractivity contribution in [2.45, 2.75) is 25.4 Å². The molecule has 2 aliphatic heterocycles. The molecule has 0 aliphatic carbocycles. The lowest BCUT2D eigenvalue weighted by Crippen LogP contribution is -2.47. The maximum Gasteiger partial charge on any atom is 0.0710 e. The number of hydrogen-bond acceptors (Lipinski definition) is 4. The first-order valence-electron chi connectivity index (χ1n) is 6.31. The van der Waals surface area contributed by atoms with Crippen LogP contribution in [0, 0.1) is 5.41 Å². The summed E-state index contributed by atoms with van der Waals surface area (Å²) in [5.41, 5.74) is 6.14. The van der Waals surface area contributed by atoms with Crippen LogP contribution >= 0.6 is 0 Å². The molecule has 4 heteroatoms. The molecule has 0 spiro atoms. The van der Waals surface area contributed by atoms with E-state index >= 15 is 0 Å². The van der Waals surface area contributed by atoms with E-state index in [4.69, 9.17) is 15.2 Å². The lowest BCUT2D eigenvalue weighted by Gasteiger charge is -2.38. The van der Waals surface area contributed by atoms with E-state index in [0.717, 1.165) is 52.2 Å². The van der Waals surface area contributed by atoms with Gasteiger partial charge in [-0.1, -0.05) is 0 Å². The molecule has 0 radical (unpaired) electrons. The molecule has 2 rings (SSSR count). The van der Waals surface area contributed by atoms with Crippen molar-refractivity contribution < 1.29 is 9.47 Å². The average Bonchev–Trinajstić information content (AvgIpc) is 2.78. The number of likely N-dealkylation sites (tertiary alicyclic amines) is 1. The highest BCUT2D eigenvalue weighted by Crippen LogP contribution is 2.30. The Kier molecular flexibility index (Phi) is 4.19. The highest BCUT2D eigenvalue weighted by molar-refractivity contribution is 4.88. The molecule has 0 amide bonds. The molecule has 0 aromatic heterocycles. The third-order valence-corrected chi connectivity index (χ3v) is 3.96. The molecule has 2 saturated heterocycles. The lowest BCUT2D eigenvalue weighted by atomic mass is 9.82. The van der Waals surface area contributed by atoms with Gasteiger partial charge in [0.25, 0.3) is 0 Å². The average molecular weight is 228 g/mol. The molecule has 2 aliphatic rings. The van der Waals surface area contributed by atoms with Gasteiger partial charge in [-0.3, -0.25) is 4.90 Å². The van der Waals surface area contributed by atoms with E-state index < -0.39 is 0 Å². The van der Waals surface area contributed by atoms with Gasteiger partial charge in [-0.05, 0) is 19.3 Å². The van der Waals surface area contributed by atoms with Crippen molar-refractivity contribution in [3.8, 4) is 0 Å². The Balaban J connectivity index is 1.86. The van der Waals surface area contributed by atoms with Crippen LogP contribution in [-0.2, 0) is 9.47 Å². The molecule has 0 aromatic rings. The second-order valence-electron chi connectivity index (χ2n) is 5.24. The van der Waals surface area contributed by atoms with E-state index in [2.05, 4.69) is 4.90 Å². The summed E-state index contributed by atoms with van der Waals surface area (Å²) in [5, 5.41) is 0. The van der Waals surface area contributed by atoms with Crippen LogP contribution < -0.4 is 5.73 Å². The van der Waals surface area contributed by atoms with Crippen LogP contribution in [0.3, 0.4) is 0 Å². The fourth-order valence-electron chi connectivity index (χ4n) is 2.87. The van der Waals surface area contributed by atoms with Gasteiger partial charge in [0.15, 0.2) is 0 Å². The van der Waals surface area contributed by atoms with Crippen LogP contribution in [0.4, 0.5) is 0 Å². The Bertz CT molecular complexity index is 217. The van der Waals surface area contributed by atoms with Gasteiger partial charge >= 0.3 is 0 Å². The molecule has 2 N–H and O–H groups in total. The molecule has 94 valence electrons. The van der Waals surface area contributed by atoms with Crippen LogP contribution in [0.25, 0.3) is 0 Å². The lowest BCUT2D eigenvalue weighted by molar-refractivity contribution is -0.0206. The summed E-state index contributed by atoms with van der Waals surface area (Å²) < 4.78 is 11.0. The summed E-state index contributed by atoms with van der Waals surface area (Å²) in [4.78, 5) is 2.48. The normalized spacial score (nSPS) is 36.8. The standard InChI is InChI=1S/C12H24N2O2/c1-15-11-3-5-14(7-11)9-12(8-13)4-2-6-16-10-12/h11H,2-10,13H2,1H3. The molecule has 2 heterocycles. The van der Waals surface area contributed by atoms with E-state index in [9.17, 15) is 0 Å². The van der Waals surface area contributed by atoms with Crippen molar-refractivity contribution >= 4 is 0 Å². The fourth-order valence-corrected chi connectivity index (χ4v) is 2.87. The van der Waals surface area contributed by atoms with Crippen LogP contribution in [0.1, 0.15) is 19.3 Å². The van der Waals surface area contributed by atoms with Crippen LogP contribution in [-0.4, -0.2) is 57.5 Å². The number of hydrogen-bond donors (Lipinski definition) is 1. The van der Waals surface area contributed by atoms with Gasteiger partial charge in [0.1, 0.15) is 0 Å². The van der Waals surface area contributed by atoms with Crippen molar-refractivity contribution in [2.24, 2.45) is 11.1 Å². The smallest absolute Gasteiger partial charge is 0.0710 e. The zero-order valence-corrected chi connectivity index (χ0v) is 10.3. The SMILES string of the molecule is COC1CCN(CC2(CN)CCCOC2)C1. The van der Waals surface area contributed by atoms with Gasteiger partial charge in [0, 0.05) is 45.3 Å². The van der Waals surface area contributed by atoms with Crippen molar-refractivity contribution in [2.75, 3.05) is 46.5 Å². The molecule has 0 bridgehead atoms. The Morgan fingerprint density at radius 3 is 3.00 bits per heavy atom. The third kappa shape index (κ3) is 2.74. The second kappa shape index (κ2) is 5.45. The highest BCUT2D eigenvalue weighted by Gasteiger charge is 2.35. The van der Waals surface area contributed by atoms with E-state index in [1.54, 1.807) is 7.11 Å². The number of nitrogens with two attached hydrogens (primary N) is 1. The van der Waals surface area contributed by atoms with E-state index in [1.807, 2.05) is 0 Å². The largest absolute Gasteiger partial charge is 0.381 e. The molecule has 0 saturated carbocycles. The number of ether oxygens (including phenoxy) is 2. The van der Waals surface area contributed by atoms with Gasteiger partial charge in [-0.2, -0.15) is 0 Å². The summed E-state index contributed by atoms with van der Waals surface area (Å²) in [5.74, 6) is 0. The Hall–Kier alpha value is -0.160. The summed E-state index contributed by atoms with van der Waals surface area (Å²) in [7, 11) is 1.80. The molecule has 2 fully saturated rings. The molecular weight excluding hydrogens is 204 g/mol. The first-order chi connectivity index (χ1) is 7.78. The highest BCUT2D eigenvalue weighted by atomic mass is 16.5. The van der Waals surface area contributed by atoms with E-state index in [0.29, 0.717) is 6.10 Å². The maximum atomic E-state index is 5.95. The first-order valence-corrected chi connectivity index (χ1v) is 6.31. The summed E-state index contributed by atoms with van der Waals surface area (Å²) in [6.07, 6.45) is 3.92. The zero-order chi connectivity index (χ0) is 11.4. The third-order valence-electron chi connectivity index (χ3n) is 3.96. The van der Waals surface area contributed by atoms with Gasteiger partial charge < -0.3 is 15.2 Å². The van der Waals surface area contributed by atoms with Gasteiger partial charge in [-0.25, -0.2) is 0 Å². The number of rotatable bonds is 4. The molecule has 0 aromatic carbocycles. The predicted molar refractivity (Wildman–Crippen MR) is 63.4 cm³/mol. The van der Waals surface area contributed by atoms with E-state index in [-0.39, 0.29) is 5.41 Å². The molecular formula is C12H24N2O2. The monoisotopic (exact) mass is 228 g/mol. The number of nitrogens with zero attached hydrogens (tertiary/aromatic N) is 1. The minimum Gasteiger partial charge on any atom is -0.381 e. The van der Waals surface area contributed by atoms with Gasteiger partial charge in [0.2, 0.25) is 0 Å². The van der Waals surface area contributed by atoms with Crippen molar-refractivity contribution in [3.05, 3.63) is 0 Å². The van der Waals surface area contributed by atoms with E-state index in [1.165, 1.54) is 6.42 Å². The van der Waals surface area contributed by atoms with Crippen LogP contribution in [0.15, 0.2) is 0 Å². The van der Waals surface area contributed by atoms with Crippen LogP contribution in [0.5, 0.6) is 0 Å². The second-order valence-corrected chi connectivity index (χ2v) is 5.24. The molecule has 16 heavy (non-hydrogen) atoms. The van der Waals surface area contributed by atoms with Crippen molar-refractivity contribution in [3.63, 3.8) is 0 Å². The first kappa shape index (κ1) is 12.3. The van der Waals surface area contributed by atoms with Gasteiger partial charge in [0.05, 0.1) is 12.7 Å². The summed E-state index contributed by atoms with van der Waals surface area (Å²) in [6.45, 7) is 5.74. The quantitative estimate of drug-likeness (QED) is 0.759. The molecule has 4 nitrogen and oxygen atoms in total.